The SMILES string of the molecule is O=CN1CCC2=C(CCCC2)C1Cc1ccccc1. The zero-order valence-corrected chi connectivity index (χ0v) is 11.3. The van der Waals surface area contributed by atoms with Crippen LogP contribution in [-0.2, 0) is 11.2 Å². The Bertz CT molecular complexity index is 477. The van der Waals surface area contributed by atoms with E-state index < -0.39 is 0 Å². The highest BCUT2D eigenvalue weighted by molar-refractivity contribution is 5.51. The molecule has 0 saturated heterocycles. The minimum absolute atomic E-state index is 0.309. The van der Waals surface area contributed by atoms with E-state index >= 15 is 0 Å². The van der Waals surface area contributed by atoms with Crippen molar-refractivity contribution in [2.75, 3.05) is 6.54 Å². The summed E-state index contributed by atoms with van der Waals surface area (Å²) in [6, 6.07) is 10.9. The van der Waals surface area contributed by atoms with Crippen molar-refractivity contribution < 1.29 is 4.79 Å². The Hall–Kier alpha value is -1.57. The molecule has 0 radical (unpaired) electrons. The van der Waals surface area contributed by atoms with Crippen molar-refractivity contribution >= 4 is 6.41 Å². The van der Waals surface area contributed by atoms with Crippen LogP contribution in [0.25, 0.3) is 0 Å². The van der Waals surface area contributed by atoms with Crippen LogP contribution in [0.15, 0.2) is 41.5 Å². The van der Waals surface area contributed by atoms with Gasteiger partial charge in [-0.15, -0.1) is 0 Å². The van der Waals surface area contributed by atoms with Crippen molar-refractivity contribution in [1.29, 1.82) is 0 Å². The van der Waals surface area contributed by atoms with Gasteiger partial charge in [-0.1, -0.05) is 35.9 Å². The fourth-order valence-electron chi connectivity index (χ4n) is 3.50. The first-order valence-corrected chi connectivity index (χ1v) is 7.34. The summed E-state index contributed by atoms with van der Waals surface area (Å²) < 4.78 is 0. The summed E-state index contributed by atoms with van der Waals surface area (Å²) in [5, 5.41) is 0. The molecule has 1 aromatic rings. The number of hydrogen-bond donors (Lipinski definition) is 0. The topological polar surface area (TPSA) is 20.3 Å². The van der Waals surface area contributed by atoms with Crippen molar-refractivity contribution in [1.82, 2.24) is 4.90 Å². The molecule has 0 bridgehead atoms. The van der Waals surface area contributed by atoms with Crippen molar-refractivity contribution in [3.8, 4) is 0 Å². The van der Waals surface area contributed by atoms with Crippen LogP contribution in [-0.4, -0.2) is 23.9 Å². The molecule has 1 atom stereocenters. The van der Waals surface area contributed by atoms with E-state index in [-0.39, 0.29) is 0 Å². The summed E-state index contributed by atoms with van der Waals surface area (Å²) >= 11 is 0. The molecule has 1 heterocycles. The van der Waals surface area contributed by atoms with Crippen LogP contribution in [0, 0.1) is 0 Å². The molecule has 100 valence electrons. The fraction of sp³-hybridized carbons (Fsp3) is 0.471. The molecule has 19 heavy (non-hydrogen) atoms. The first-order valence-electron chi connectivity index (χ1n) is 7.34. The lowest BCUT2D eigenvalue weighted by Gasteiger charge is -2.39. The maximum atomic E-state index is 11.3. The third kappa shape index (κ3) is 2.58. The molecule has 1 aliphatic heterocycles. The van der Waals surface area contributed by atoms with E-state index in [1.165, 1.54) is 31.2 Å². The lowest BCUT2D eigenvalue weighted by Crippen LogP contribution is -2.42. The number of rotatable bonds is 3. The van der Waals surface area contributed by atoms with Gasteiger partial charge in [0.1, 0.15) is 0 Å². The maximum absolute atomic E-state index is 11.3. The molecule has 0 saturated carbocycles. The molecule has 2 heteroatoms. The van der Waals surface area contributed by atoms with Gasteiger partial charge in [0.2, 0.25) is 6.41 Å². The number of amides is 1. The van der Waals surface area contributed by atoms with E-state index in [0.717, 1.165) is 25.8 Å². The van der Waals surface area contributed by atoms with Gasteiger partial charge in [-0.25, -0.2) is 0 Å². The van der Waals surface area contributed by atoms with Crippen molar-refractivity contribution in [2.24, 2.45) is 0 Å². The number of hydrogen-bond acceptors (Lipinski definition) is 1. The third-order valence-electron chi connectivity index (χ3n) is 4.51. The van der Waals surface area contributed by atoms with Crippen LogP contribution in [0.1, 0.15) is 37.7 Å². The highest BCUT2D eigenvalue weighted by Gasteiger charge is 2.29. The summed E-state index contributed by atoms with van der Waals surface area (Å²) in [6.07, 6.45) is 8.18. The van der Waals surface area contributed by atoms with Crippen LogP contribution < -0.4 is 0 Å². The Kier molecular flexibility index (Phi) is 3.67. The van der Waals surface area contributed by atoms with Gasteiger partial charge in [0.15, 0.2) is 0 Å². The molecule has 0 fully saturated rings. The zero-order valence-electron chi connectivity index (χ0n) is 11.3. The van der Waals surface area contributed by atoms with E-state index in [0.29, 0.717) is 6.04 Å². The van der Waals surface area contributed by atoms with Crippen LogP contribution in [0.4, 0.5) is 0 Å². The molecular weight excluding hydrogens is 234 g/mol. The molecule has 2 nitrogen and oxygen atoms in total. The van der Waals surface area contributed by atoms with Gasteiger partial charge < -0.3 is 4.90 Å². The second kappa shape index (κ2) is 5.60. The first kappa shape index (κ1) is 12.5. The van der Waals surface area contributed by atoms with Crippen LogP contribution in [0.3, 0.4) is 0 Å². The predicted octanol–water partition coefficient (Wildman–Crippen LogP) is 3.33. The highest BCUT2D eigenvalue weighted by atomic mass is 16.1. The lowest BCUT2D eigenvalue weighted by atomic mass is 9.80. The average molecular weight is 255 g/mol. The van der Waals surface area contributed by atoms with E-state index in [9.17, 15) is 4.79 Å². The Morgan fingerprint density at radius 1 is 1.11 bits per heavy atom. The van der Waals surface area contributed by atoms with Gasteiger partial charge in [-0.05, 0) is 49.7 Å². The highest BCUT2D eigenvalue weighted by Crippen LogP contribution is 2.35. The average Bonchev–Trinajstić information content (AvgIpc) is 2.49. The Balaban J connectivity index is 1.87. The molecule has 2 aliphatic rings. The quantitative estimate of drug-likeness (QED) is 0.599. The van der Waals surface area contributed by atoms with Gasteiger partial charge in [0.25, 0.3) is 0 Å². The van der Waals surface area contributed by atoms with Gasteiger partial charge in [0, 0.05) is 6.54 Å². The first-order chi connectivity index (χ1) is 9.38. The largest absolute Gasteiger partial charge is 0.338 e. The van der Waals surface area contributed by atoms with Gasteiger partial charge in [0.05, 0.1) is 6.04 Å². The lowest BCUT2D eigenvalue weighted by molar-refractivity contribution is -0.119. The van der Waals surface area contributed by atoms with Crippen molar-refractivity contribution in [3.05, 3.63) is 47.0 Å². The fourth-order valence-corrected chi connectivity index (χ4v) is 3.50. The van der Waals surface area contributed by atoms with Gasteiger partial charge in [-0.2, -0.15) is 0 Å². The molecule has 1 aromatic carbocycles. The van der Waals surface area contributed by atoms with Gasteiger partial charge in [-0.3, -0.25) is 4.79 Å². The second-order valence-corrected chi connectivity index (χ2v) is 5.63. The molecule has 1 aliphatic carbocycles. The van der Waals surface area contributed by atoms with E-state index in [4.69, 9.17) is 0 Å². The van der Waals surface area contributed by atoms with Crippen molar-refractivity contribution in [3.63, 3.8) is 0 Å². The van der Waals surface area contributed by atoms with Crippen LogP contribution in [0.5, 0.6) is 0 Å². The molecule has 0 aromatic heterocycles. The standard InChI is InChI=1S/C17H21NO/c19-13-18-11-10-15-8-4-5-9-16(15)17(18)12-14-6-2-1-3-7-14/h1-3,6-7,13,17H,4-5,8-12H2. The summed E-state index contributed by atoms with van der Waals surface area (Å²) in [5.41, 5.74) is 4.54. The molecular formula is C17H21NO. The summed E-state index contributed by atoms with van der Waals surface area (Å²) in [4.78, 5) is 13.3. The Morgan fingerprint density at radius 2 is 1.89 bits per heavy atom. The van der Waals surface area contributed by atoms with Crippen LogP contribution in [0.2, 0.25) is 0 Å². The van der Waals surface area contributed by atoms with E-state index in [1.54, 1.807) is 11.1 Å². The minimum atomic E-state index is 0.309. The van der Waals surface area contributed by atoms with Crippen LogP contribution >= 0.6 is 0 Å². The van der Waals surface area contributed by atoms with Gasteiger partial charge >= 0.3 is 0 Å². The minimum Gasteiger partial charge on any atom is -0.338 e. The molecule has 1 unspecified atom stereocenters. The monoisotopic (exact) mass is 255 g/mol. The second-order valence-electron chi connectivity index (χ2n) is 5.63. The molecule has 0 spiro atoms. The number of nitrogens with zero attached hydrogens (tertiary/aromatic N) is 1. The summed E-state index contributed by atoms with van der Waals surface area (Å²) in [5.74, 6) is 0. The van der Waals surface area contributed by atoms with E-state index in [2.05, 4.69) is 24.3 Å². The smallest absolute Gasteiger partial charge is 0.210 e. The molecule has 3 rings (SSSR count). The molecule has 0 N–H and O–H groups in total. The predicted molar refractivity (Wildman–Crippen MR) is 76.8 cm³/mol. The Labute approximate surface area is 115 Å². The zero-order chi connectivity index (χ0) is 13.1. The summed E-state index contributed by atoms with van der Waals surface area (Å²) in [6.45, 7) is 0.903. The number of carbonyl (C=O) groups excluding carboxylic acids is 1. The normalized spacial score (nSPS) is 23.2. The number of benzene rings is 1. The van der Waals surface area contributed by atoms with Crippen molar-refractivity contribution in [2.45, 2.75) is 44.6 Å². The molecule has 1 amide bonds. The number of carbonyl (C=O) groups is 1. The Morgan fingerprint density at radius 3 is 2.68 bits per heavy atom. The van der Waals surface area contributed by atoms with E-state index in [1.807, 2.05) is 11.0 Å². The third-order valence-corrected chi connectivity index (χ3v) is 4.51. The maximum Gasteiger partial charge on any atom is 0.210 e. The summed E-state index contributed by atoms with van der Waals surface area (Å²) in [7, 11) is 0.